The summed E-state index contributed by atoms with van der Waals surface area (Å²) in [5.41, 5.74) is 1.14. The van der Waals surface area contributed by atoms with Crippen molar-refractivity contribution in [2.45, 2.75) is 32.3 Å². The van der Waals surface area contributed by atoms with E-state index in [-0.39, 0.29) is 11.8 Å². The summed E-state index contributed by atoms with van der Waals surface area (Å²) in [5.74, 6) is -0.189. The van der Waals surface area contributed by atoms with Crippen molar-refractivity contribution in [2.24, 2.45) is 0 Å². The fraction of sp³-hybridized carbons (Fsp3) is 0.368. The van der Waals surface area contributed by atoms with Gasteiger partial charge >= 0.3 is 5.97 Å². The van der Waals surface area contributed by atoms with Crippen molar-refractivity contribution >= 4 is 5.97 Å². The highest BCUT2D eigenvalue weighted by Gasteiger charge is 2.39. The molecular formula is C19H23NO5. The average Bonchev–Trinajstić information content (AvgIpc) is 2.58. The number of rotatable bonds is 7. The highest BCUT2D eigenvalue weighted by atomic mass is 16.5. The van der Waals surface area contributed by atoms with Crippen molar-refractivity contribution in [2.75, 3.05) is 14.2 Å². The Morgan fingerprint density at radius 2 is 1.80 bits per heavy atom. The second-order valence-corrected chi connectivity index (χ2v) is 6.31. The molecule has 0 bridgehead atoms. The van der Waals surface area contributed by atoms with E-state index in [1.807, 2.05) is 45.0 Å². The summed E-state index contributed by atoms with van der Waals surface area (Å²) in [5, 5.41) is 9.74. The van der Waals surface area contributed by atoms with Crippen LogP contribution in [0.3, 0.4) is 0 Å². The van der Waals surface area contributed by atoms with Crippen LogP contribution in [0.15, 0.2) is 36.4 Å². The van der Waals surface area contributed by atoms with E-state index in [1.54, 1.807) is 6.07 Å². The number of aliphatic carboxylic acids is 1. The van der Waals surface area contributed by atoms with Gasteiger partial charge in [0.15, 0.2) is 0 Å². The lowest BCUT2D eigenvalue weighted by atomic mass is 9.78. The first-order valence-electron chi connectivity index (χ1n) is 7.84. The van der Waals surface area contributed by atoms with Crippen LogP contribution in [0.5, 0.6) is 17.5 Å². The van der Waals surface area contributed by atoms with Crippen LogP contribution in [-0.4, -0.2) is 36.4 Å². The van der Waals surface area contributed by atoms with Gasteiger partial charge < -0.3 is 19.3 Å². The summed E-state index contributed by atoms with van der Waals surface area (Å²) in [6.45, 7) is 5.63. The van der Waals surface area contributed by atoms with Gasteiger partial charge in [-0.05, 0) is 12.5 Å². The zero-order chi connectivity index (χ0) is 18.6. The van der Waals surface area contributed by atoms with Crippen molar-refractivity contribution in [3.05, 3.63) is 47.5 Å². The molecule has 1 atom stereocenters. The third-order valence-corrected chi connectivity index (χ3v) is 4.08. The van der Waals surface area contributed by atoms with Gasteiger partial charge in [0.25, 0.3) is 0 Å². The monoisotopic (exact) mass is 345 g/mol. The molecule has 1 aromatic heterocycles. The van der Waals surface area contributed by atoms with Crippen LogP contribution in [0, 0.1) is 6.92 Å². The van der Waals surface area contributed by atoms with E-state index < -0.39 is 17.5 Å². The Bertz CT molecular complexity index is 735. The molecule has 0 saturated carbocycles. The minimum absolute atomic E-state index is 0.129. The highest BCUT2D eigenvalue weighted by molar-refractivity contribution is 5.75. The number of carboxylic acids is 1. The van der Waals surface area contributed by atoms with Gasteiger partial charge in [0, 0.05) is 17.5 Å². The van der Waals surface area contributed by atoms with Crippen LogP contribution in [0.1, 0.15) is 25.0 Å². The number of nitrogens with zero attached hydrogens (tertiary/aromatic N) is 1. The summed E-state index contributed by atoms with van der Waals surface area (Å²) in [6, 6.07) is 10.8. The number of aromatic nitrogens is 1. The molecule has 6 nitrogen and oxygen atoms in total. The second-order valence-electron chi connectivity index (χ2n) is 6.31. The summed E-state index contributed by atoms with van der Waals surface area (Å²) in [7, 11) is 2.97. The van der Waals surface area contributed by atoms with E-state index in [0.717, 1.165) is 11.1 Å². The molecule has 25 heavy (non-hydrogen) atoms. The molecule has 0 aliphatic heterocycles. The second kappa shape index (κ2) is 7.42. The number of carboxylic acid groups (broad SMARTS) is 1. The van der Waals surface area contributed by atoms with Crippen LogP contribution in [-0.2, 0) is 10.2 Å². The molecule has 0 spiro atoms. The molecule has 1 unspecified atom stereocenters. The Kier molecular flexibility index (Phi) is 5.51. The van der Waals surface area contributed by atoms with Gasteiger partial charge in [-0.2, -0.15) is 4.98 Å². The summed E-state index contributed by atoms with van der Waals surface area (Å²) in [4.78, 5) is 16.1. The van der Waals surface area contributed by atoms with Gasteiger partial charge in [0.05, 0.1) is 14.2 Å². The molecule has 2 rings (SSSR count). The zero-order valence-corrected chi connectivity index (χ0v) is 15.1. The number of hydrogen-bond donors (Lipinski definition) is 1. The first-order valence-corrected chi connectivity index (χ1v) is 7.84. The van der Waals surface area contributed by atoms with Gasteiger partial charge in [0.1, 0.15) is 5.75 Å². The van der Waals surface area contributed by atoms with Gasteiger partial charge in [-0.15, -0.1) is 0 Å². The Morgan fingerprint density at radius 1 is 1.12 bits per heavy atom. The molecule has 134 valence electrons. The van der Waals surface area contributed by atoms with E-state index in [2.05, 4.69) is 4.98 Å². The average molecular weight is 345 g/mol. The van der Waals surface area contributed by atoms with Crippen molar-refractivity contribution in [3.63, 3.8) is 0 Å². The molecule has 0 radical (unpaired) electrons. The van der Waals surface area contributed by atoms with Gasteiger partial charge in [-0.1, -0.05) is 43.7 Å². The lowest BCUT2D eigenvalue weighted by Crippen LogP contribution is -2.44. The molecule has 1 N–H and O–H groups in total. The van der Waals surface area contributed by atoms with Crippen molar-refractivity contribution in [1.29, 1.82) is 0 Å². The van der Waals surface area contributed by atoms with E-state index in [1.165, 1.54) is 20.3 Å². The van der Waals surface area contributed by atoms with E-state index >= 15 is 0 Å². The molecule has 0 saturated heterocycles. The molecule has 0 amide bonds. The van der Waals surface area contributed by atoms with Gasteiger partial charge in [0.2, 0.25) is 17.9 Å². The molecule has 6 heteroatoms. The Hall–Kier alpha value is -2.76. The Balaban J connectivity index is 2.40. The maximum Gasteiger partial charge on any atom is 0.345 e. The third kappa shape index (κ3) is 4.21. The molecular weight excluding hydrogens is 322 g/mol. The van der Waals surface area contributed by atoms with Crippen LogP contribution >= 0.6 is 0 Å². The first-order chi connectivity index (χ1) is 11.8. The van der Waals surface area contributed by atoms with Crippen molar-refractivity contribution in [3.8, 4) is 17.5 Å². The van der Waals surface area contributed by atoms with Crippen molar-refractivity contribution in [1.82, 2.24) is 4.98 Å². The summed E-state index contributed by atoms with van der Waals surface area (Å²) >= 11 is 0. The third-order valence-electron chi connectivity index (χ3n) is 4.08. The maximum absolute atomic E-state index is 11.9. The number of pyridine rings is 1. The quantitative estimate of drug-likeness (QED) is 0.830. The lowest BCUT2D eigenvalue weighted by molar-refractivity contribution is -0.148. The number of aryl methyl sites for hydroxylation is 1. The Morgan fingerprint density at radius 3 is 2.36 bits per heavy atom. The fourth-order valence-electron chi connectivity index (χ4n) is 2.57. The molecule has 0 fully saturated rings. The van der Waals surface area contributed by atoms with Gasteiger partial charge in [-0.25, -0.2) is 4.79 Å². The maximum atomic E-state index is 11.9. The van der Waals surface area contributed by atoms with Crippen LogP contribution in [0.2, 0.25) is 0 Å². The zero-order valence-electron chi connectivity index (χ0n) is 15.1. The molecule has 0 aliphatic carbocycles. The first kappa shape index (κ1) is 18.6. The normalized spacial score (nSPS) is 12.4. The predicted octanol–water partition coefficient (Wildman–Crippen LogP) is 3.22. The topological polar surface area (TPSA) is 77.9 Å². The fourth-order valence-corrected chi connectivity index (χ4v) is 2.57. The minimum atomic E-state index is -1.14. The largest absolute Gasteiger partial charge is 0.496 e. The molecule has 0 aliphatic rings. The standard InChI is InChI=1S/C19H23NO5/c1-12-7-6-8-13(9-12)19(2,3)17(18(21)22)25-16-11-14(23-4)10-15(20-16)24-5/h6-11,17H,1-5H3,(H,21,22). The van der Waals surface area contributed by atoms with Crippen LogP contribution in [0.4, 0.5) is 0 Å². The molecule has 1 heterocycles. The SMILES string of the molecule is COc1cc(OC)nc(OC(C(=O)O)C(C)(C)c2cccc(C)c2)c1. The number of benzene rings is 1. The van der Waals surface area contributed by atoms with Crippen LogP contribution < -0.4 is 14.2 Å². The number of methoxy groups -OCH3 is 2. The highest BCUT2D eigenvalue weighted by Crippen LogP contribution is 2.32. The van der Waals surface area contributed by atoms with E-state index in [4.69, 9.17) is 14.2 Å². The minimum Gasteiger partial charge on any atom is -0.496 e. The lowest BCUT2D eigenvalue weighted by Gasteiger charge is -2.32. The van der Waals surface area contributed by atoms with E-state index in [9.17, 15) is 9.90 Å². The van der Waals surface area contributed by atoms with Crippen LogP contribution in [0.25, 0.3) is 0 Å². The van der Waals surface area contributed by atoms with E-state index in [0.29, 0.717) is 5.75 Å². The van der Waals surface area contributed by atoms with Crippen molar-refractivity contribution < 1.29 is 24.1 Å². The number of ether oxygens (including phenoxy) is 3. The molecule has 2 aromatic rings. The molecule has 1 aromatic carbocycles. The predicted molar refractivity (Wildman–Crippen MR) is 93.6 cm³/mol. The number of carbonyl (C=O) groups is 1. The number of hydrogen-bond acceptors (Lipinski definition) is 5. The summed E-state index contributed by atoms with van der Waals surface area (Å²) in [6.07, 6.45) is -1.14. The summed E-state index contributed by atoms with van der Waals surface area (Å²) < 4.78 is 16.0. The smallest absolute Gasteiger partial charge is 0.345 e. The Labute approximate surface area is 147 Å². The van der Waals surface area contributed by atoms with Gasteiger partial charge in [-0.3, -0.25) is 0 Å².